The lowest BCUT2D eigenvalue weighted by molar-refractivity contribution is 0.189. The van der Waals surface area contributed by atoms with Crippen LogP contribution in [0, 0.1) is 0 Å². The largest absolute Gasteiger partial charge is 0.494 e. The van der Waals surface area contributed by atoms with Crippen LogP contribution in [0.15, 0.2) is 24.3 Å². The fraction of sp³-hybridized carbons (Fsp3) is 0.667. The Labute approximate surface area is 128 Å². The lowest BCUT2D eigenvalue weighted by Crippen LogP contribution is -2.43. The summed E-state index contributed by atoms with van der Waals surface area (Å²) in [6.07, 6.45) is 6.53. The molecule has 1 saturated heterocycles. The first-order valence-electron chi connectivity index (χ1n) is 8.54. The second-order valence-electron chi connectivity index (χ2n) is 6.41. The molecule has 21 heavy (non-hydrogen) atoms. The van der Waals surface area contributed by atoms with E-state index in [1.165, 1.54) is 44.3 Å². The minimum Gasteiger partial charge on any atom is -0.494 e. The molecule has 1 heterocycles. The van der Waals surface area contributed by atoms with Gasteiger partial charge in [-0.05, 0) is 62.9 Å². The summed E-state index contributed by atoms with van der Waals surface area (Å²) in [7, 11) is 0. The molecular formula is C18H28N2O. The fourth-order valence-corrected chi connectivity index (χ4v) is 3.09. The van der Waals surface area contributed by atoms with Gasteiger partial charge in [0.25, 0.3) is 0 Å². The van der Waals surface area contributed by atoms with Crippen molar-refractivity contribution in [3.05, 3.63) is 29.8 Å². The number of hydrogen-bond donors (Lipinski definition) is 1. The normalized spacial score (nSPS) is 20.6. The molecule has 1 N–H and O–H groups in total. The van der Waals surface area contributed by atoms with Gasteiger partial charge in [-0.2, -0.15) is 0 Å². The average Bonchev–Trinajstić information content (AvgIpc) is 3.37. The molecule has 2 aliphatic rings. The SMILES string of the molecule is CCCOc1ccc(CNC2CCN(C3CC3)CC2)cc1. The van der Waals surface area contributed by atoms with Crippen molar-refractivity contribution in [1.29, 1.82) is 0 Å². The van der Waals surface area contributed by atoms with Crippen LogP contribution in [0.4, 0.5) is 0 Å². The van der Waals surface area contributed by atoms with Gasteiger partial charge in [-0.15, -0.1) is 0 Å². The lowest BCUT2D eigenvalue weighted by atomic mass is 10.0. The summed E-state index contributed by atoms with van der Waals surface area (Å²) in [5, 5.41) is 3.71. The molecule has 1 aliphatic heterocycles. The maximum atomic E-state index is 5.62. The first-order chi connectivity index (χ1) is 10.3. The highest BCUT2D eigenvalue weighted by Gasteiger charge is 2.31. The van der Waals surface area contributed by atoms with Gasteiger partial charge in [-0.25, -0.2) is 0 Å². The van der Waals surface area contributed by atoms with Crippen molar-refractivity contribution in [3.63, 3.8) is 0 Å². The van der Waals surface area contributed by atoms with Crippen LogP contribution in [-0.4, -0.2) is 36.7 Å². The van der Waals surface area contributed by atoms with Crippen molar-refractivity contribution < 1.29 is 4.74 Å². The van der Waals surface area contributed by atoms with Gasteiger partial charge in [0.15, 0.2) is 0 Å². The van der Waals surface area contributed by atoms with E-state index in [-0.39, 0.29) is 0 Å². The summed E-state index contributed by atoms with van der Waals surface area (Å²) in [6, 6.07) is 10.1. The summed E-state index contributed by atoms with van der Waals surface area (Å²) in [4.78, 5) is 2.68. The molecule has 1 aromatic carbocycles. The zero-order chi connectivity index (χ0) is 14.5. The van der Waals surface area contributed by atoms with Gasteiger partial charge >= 0.3 is 0 Å². The van der Waals surface area contributed by atoms with E-state index in [0.717, 1.165) is 31.4 Å². The molecule has 0 unspecified atom stereocenters. The smallest absolute Gasteiger partial charge is 0.119 e. The van der Waals surface area contributed by atoms with Crippen molar-refractivity contribution >= 4 is 0 Å². The van der Waals surface area contributed by atoms with Crippen LogP contribution >= 0.6 is 0 Å². The molecule has 3 rings (SSSR count). The minimum atomic E-state index is 0.691. The van der Waals surface area contributed by atoms with Crippen LogP contribution < -0.4 is 10.1 Å². The molecule has 2 fully saturated rings. The summed E-state index contributed by atoms with van der Waals surface area (Å²) >= 11 is 0. The highest BCUT2D eigenvalue weighted by Crippen LogP contribution is 2.29. The molecule has 1 saturated carbocycles. The van der Waals surface area contributed by atoms with E-state index >= 15 is 0 Å². The van der Waals surface area contributed by atoms with E-state index in [1.54, 1.807) is 0 Å². The predicted octanol–water partition coefficient (Wildman–Crippen LogP) is 3.19. The number of ether oxygens (including phenoxy) is 1. The molecule has 0 bridgehead atoms. The van der Waals surface area contributed by atoms with E-state index in [1.807, 2.05) is 0 Å². The van der Waals surface area contributed by atoms with Crippen LogP contribution in [0.5, 0.6) is 5.75 Å². The summed E-state index contributed by atoms with van der Waals surface area (Å²) in [5.41, 5.74) is 1.35. The van der Waals surface area contributed by atoms with Crippen molar-refractivity contribution in [2.24, 2.45) is 0 Å². The number of nitrogens with one attached hydrogen (secondary N) is 1. The Hall–Kier alpha value is -1.06. The molecule has 3 nitrogen and oxygen atoms in total. The van der Waals surface area contributed by atoms with Crippen molar-refractivity contribution in [3.8, 4) is 5.75 Å². The maximum Gasteiger partial charge on any atom is 0.119 e. The second kappa shape index (κ2) is 7.28. The van der Waals surface area contributed by atoms with Crippen molar-refractivity contribution in [2.45, 2.75) is 57.7 Å². The van der Waals surface area contributed by atoms with E-state index < -0.39 is 0 Å². The molecule has 0 radical (unpaired) electrons. The van der Waals surface area contributed by atoms with Crippen LogP contribution in [0.2, 0.25) is 0 Å². The standard InChI is InChI=1S/C18H28N2O/c1-2-13-21-18-7-3-15(4-8-18)14-19-16-9-11-20(12-10-16)17-5-6-17/h3-4,7-8,16-17,19H,2,5-6,9-14H2,1H3. The van der Waals surface area contributed by atoms with Crippen LogP contribution in [0.1, 0.15) is 44.6 Å². The summed E-state index contributed by atoms with van der Waals surface area (Å²) < 4.78 is 5.62. The lowest BCUT2D eigenvalue weighted by Gasteiger charge is -2.32. The van der Waals surface area contributed by atoms with E-state index in [4.69, 9.17) is 4.74 Å². The van der Waals surface area contributed by atoms with Gasteiger partial charge in [0.1, 0.15) is 5.75 Å². The molecule has 0 amide bonds. The zero-order valence-corrected chi connectivity index (χ0v) is 13.2. The number of rotatable bonds is 7. The first kappa shape index (κ1) is 14.9. The Kier molecular flexibility index (Phi) is 5.15. The van der Waals surface area contributed by atoms with E-state index in [0.29, 0.717) is 6.04 Å². The number of hydrogen-bond acceptors (Lipinski definition) is 3. The molecule has 0 aromatic heterocycles. The predicted molar refractivity (Wildman–Crippen MR) is 86.7 cm³/mol. The fourth-order valence-electron chi connectivity index (χ4n) is 3.09. The van der Waals surface area contributed by atoms with Gasteiger partial charge in [0.05, 0.1) is 6.61 Å². The average molecular weight is 288 g/mol. The van der Waals surface area contributed by atoms with Gasteiger partial charge in [-0.1, -0.05) is 19.1 Å². The van der Waals surface area contributed by atoms with Gasteiger partial charge in [0.2, 0.25) is 0 Å². The topological polar surface area (TPSA) is 24.5 Å². The minimum absolute atomic E-state index is 0.691. The number of nitrogens with zero attached hydrogens (tertiary/aromatic N) is 1. The third-order valence-corrected chi connectivity index (χ3v) is 4.58. The third kappa shape index (κ3) is 4.45. The van der Waals surface area contributed by atoms with Crippen LogP contribution in [0.3, 0.4) is 0 Å². The molecule has 116 valence electrons. The van der Waals surface area contributed by atoms with Crippen LogP contribution in [0.25, 0.3) is 0 Å². The molecule has 1 aliphatic carbocycles. The molecule has 0 spiro atoms. The van der Waals surface area contributed by atoms with Crippen molar-refractivity contribution in [1.82, 2.24) is 10.2 Å². The maximum absolute atomic E-state index is 5.62. The highest BCUT2D eigenvalue weighted by atomic mass is 16.5. The molecule has 0 atom stereocenters. The number of benzene rings is 1. The summed E-state index contributed by atoms with van der Waals surface area (Å²) in [5.74, 6) is 0.985. The second-order valence-corrected chi connectivity index (χ2v) is 6.41. The Balaban J connectivity index is 1.38. The molecular weight excluding hydrogens is 260 g/mol. The van der Waals surface area contributed by atoms with Gasteiger partial charge in [-0.3, -0.25) is 0 Å². The zero-order valence-electron chi connectivity index (χ0n) is 13.2. The van der Waals surface area contributed by atoms with Crippen molar-refractivity contribution in [2.75, 3.05) is 19.7 Å². The van der Waals surface area contributed by atoms with E-state index in [2.05, 4.69) is 41.4 Å². The number of piperidine rings is 1. The Morgan fingerprint density at radius 3 is 2.43 bits per heavy atom. The molecule has 1 aromatic rings. The Morgan fingerprint density at radius 1 is 1.10 bits per heavy atom. The van der Waals surface area contributed by atoms with Gasteiger partial charge in [0, 0.05) is 18.6 Å². The van der Waals surface area contributed by atoms with Crippen LogP contribution in [-0.2, 0) is 6.54 Å². The Morgan fingerprint density at radius 2 is 1.81 bits per heavy atom. The first-order valence-corrected chi connectivity index (χ1v) is 8.54. The molecule has 3 heteroatoms. The third-order valence-electron chi connectivity index (χ3n) is 4.58. The van der Waals surface area contributed by atoms with E-state index in [9.17, 15) is 0 Å². The summed E-state index contributed by atoms with van der Waals surface area (Å²) in [6.45, 7) is 6.48. The highest BCUT2D eigenvalue weighted by molar-refractivity contribution is 5.27. The van der Waals surface area contributed by atoms with Gasteiger partial charge < -0.3 is 15.0 Å². The quantitative estimate of drug-likeness (QED) is 0.834. The number of likely N-dealkylation sites (tertiary alicyclic amines) is 1. The monoisotopic (exact) mass is 288 g/mol. The Bertz CT molecular complexity index is 419.